The molecule has 1 amide bonds. The lowest BCUT2D eigenvalue weighted by Gasteiger charge is -2.06. The largest absolute Gasteiger partial charge is 0.497 e. The molecule has 0 bridgehead atoms. The molecular weight excluding hydrogens is 310 g/mol. The van der Waals surface area contributed by atoms with Gasteiger partial charge in [-0.25, -0.2) is 4.98 Å². The number of carbonyl (C=O) groups excluding carboxylic acids is 1. The Bertz CT molecular complexity index is 632. The Morgan fingerprint density at radius 3 is 2.74 bits per heavy atom. The van der Waals surface area contributed by atoms with E-state index in [1.54, 1.807) is 25.1 Å². The minimum atomic E-state index is -0.169. The predicted molar refractivity (Wildman–Crippen MR) is 91.8 cm³/mol. The van der Waals surface area contributed by atoms with Crippen LogP contribution >= 0.6 is 11.8 Å². The van der Waals surface area contributed by atoms with E-state index in [1.807, 2.05) is 24.3 Å². The number of nitrogens with zero attached hydrogens (tertiary/aromatic N) is 2. The molecule has 0 aliphatic carbocycles. The van der Waals surface area contributed by atoms with Crippen molar-refractivity contribution in [3.8, 4) is 5.75 Å². The molecule has 1 aromatic carbocycles. The SMILES string of the molecule is CCCCNC(=O)c1cncc(SCc2ccc(OC)cc2)n1. The summed E-state index contributed by atoms with van der Waals surface area (Å²) in [6, 6.07) is 7.89. The van der Waals surface area contributed by atoms with Crippen LogP contribution in [0.5, 0.6) is 5.75 Å². The van der Waals surface area contributed by atoms with Crippen LogP contribution < -0.4 is 10.1 Å². The second kappa shape index (κ2) is 9.15. The van der Waals surface area contributed by atoms with Crippen LogP contribution in [0.2, 0.25) is 0 Å². The average Bonchev–Trinajstić information content (AvgIpc) is 2.61. The summed E-state index contributed by atoms with van der Waals surface area (Å²) in [6.07, 6.45) is 5.19. The number of ether oxygens (including phenoxy) is 1. The molecule has 6 heteroatoms. The predicted octanol–water partition coefficient (Wildman–Crippen LogP) is 3.31. The zero-order chi connectivity index (χ0) is 16.5. The molecule has 1 aromatic heterocycles. The van der Waals surface area contributed by atoms with Gasteiger partial charge in [0.15, 0.2) is 0 Å². The molecule has 0 saturated heterocycles. The normalized spacial score (nSPS) is 10.3. The van der Waals surface area contributed by atoms with Crippen molar-refractivity contribution in [3.63, 3.8) is 0 Å². The van der Waals surface area contributed by atoms with Gasteiger partial charge >= 0.3 is 0 Å². The molecule has 0 unspecified atom stereocenters. The highest BCUT2D eigenvalue weighted by atomic mass is 32.2. The minimum Gasteiger partial charge on any atom is -0.497 e. The van der Waals surface area contributed by atoms with Crippen molar-refractivity contribution < 1.29 is 9.53 Å². The molecule has 5 nitrogen and oxygen atoms in total. The molecule has 0 aliphatic rings. The lowest BCUT2D eigenvalue weighted by atomic mass is 10.2. The van der Waals surface area contributed by atoms with E-state index < -0.39 is 0 Å². The Kier molecular flexibility index (Phi) is 6.87. The fraction of sp³-hybridized carbons (Fsp3) is 0.353. The van der Waals surface area contributed by atoms with E-state index >= 15 is 0 Å². The first kappa shape index (κ1) is 17.3. The molecule has 1 heterocycles. The Morgan fingerprint density at radius 1 is 1.26 bits per heavy atom. The summed E-state index contributed by atoms with van der Waals surface area (Å²) in [4.78, 5) is 20.5. The highest BCUT2D eigenvalue weighted by molar-refractivity contribution is 7.98. The molecule has 0 radical (unpaired) electrons. The maximum Gasteiger partial charge on any atom is 0.271 e. The minimum absolute atomic E-state index is 0.169. The molecule has 23 heavy (non-hydrogen) atoms. The van der Waals surface area contributed by atoms with E-state index in [9.17, 15) is 4.79 Å². The van der Waals surface area contributed by atoms with Gasteiger partial charge in [0.2, 0.25) is 0 Å². The molecule has 1 N–H and O–H groups in total. The first-order valence-electron chi connectivity index (χ1n) is 7.59. The van der Waals surface area contributed by atoms with Crippen molar-refractivity contribution in [2.75, 3.05) is 13.7 Å². The molecule has 0 saturated carbocycles. The van der Waals surface area contributed by atoms with E-state index in [0.29, 0.717) is 12.2 Å². The van der Waals surface area contributed by atoms with Crippen molar-refractivity contribution in [1.82, 2.24) is 15.3 Å². The van der Waals surface area contributed by atoms with Gasteiger partial charge in [0.1, 0.15) is 16.5 Å². The maximum atomic E-state index is 12.0. The third kappa shape index (κ3) is 5.56. The lowest BCUT2D eigenvalue weighted by molar-refractivity contribution is 0.0947. The fourth-order valence-corrected chi connectivity index (χ4v) is 2.68. The molecule has 0 spiro atoms. The number of nitrogens with one attached hydrogen (secondary N) is 1. The number of hydrogen-bond donors (Lipinski definition) is 1. The number of thioether (sulfide) groups is 1. The van der Waals surface area contributed by atoms with Crippen molar-refractivity contribution >= 4 is 17.7 Å². The van der Waals surface area contributed by atoms with Crippen molar-refractivity contribution in [3.05, 3.63) is 47.9 Å². The maximum absolute atomic E-state index is 12.0. The number of hydrogen-bond acceptors (Lipinski definition) is 5. The van der Waals surface area contributed by atoms with E-state index in [1.165, 1.54) is 6.20 Å². The highest BCUT2D eigenvalue weighted by Crippen LogP contribution is 2.21. The summed E-state index contributed by atoms with van der Waals surface area (Å²) < 4.78 is 5.14. The van der Waals surface area contributed by atoms with Crippen LogP contribution in [0, 0.1) is 0 Å². The van der Waals surface area contributed by atoms with Crippen LogP contribution in [-0.2, 0) is 5.75 Å². The summed E-state index contributed by atoms with van der Waals surface area (Å²) in [6.45, 7) is 2.75. The first-order chi connectivity index (χ1) is 11.2. The van der Waals surface area contributed by atoms with Gasteiger partial charge in [-0.05, 0) is 24.1 Å². The lowest BCUT2D eigenvalue weighted by Crippen LogP contribution is -2.25. The van der Waals surface area contributed by atoms with E-state index in [-0.39, 0.29) is 5.91 Å². The van der Waals surface area contributed by atoms with Crippen molar-refractivity contribution in [2.24, 2.45) is 0 Å². The summed E-state index contributed by atoms with van der Waals surface area (Å²) in [5.74, 6) is 1.43. The Hall–Kier alpha value is -2.08. The van der Waals surface area contributed by atoms with E-state index in [0.717, 1.165) is 34.9 Å². The quantitative estimate of drug-likeness (QED) is 0.594. The molecule has 0 aliphatic heterocycles. The van der Waals surface area contributed by atoms with Crippen LogP contribution in [0.3, 0.4) is 0 Å². The topological polar surface area (TPSA) is 64.1 Å². The van der Waals surface area contributed by atoms with Crippen LogP contribution in [0.1, 0.15) is 35.8 Å². The van der Waals surface area contributed by atoms with Crippen LogP contribution in [0.25, 0.3) is 0 Å². The first-order valence-corrected chi connectivity index (χ1v) is 8.57. The van der Waals surface area contributed by atoms with Crippen molar-refractivity contribution in [1.29, 1.82) is 0 Å². The number of carbonyl (C=O) groups is 1. The van der Waals surface area contributed by atoms with E-state index in [4.69, 9.17) is 4.74 Å². The standard InChI is InChI=1S/C17H21N3O2S/c1-3-4-9-19-17(21)15-10-18-11-16(20-15)23-12-13-5-7-14(22-2)8-6-13/h5-8,10-11H,3-4,9,12H2,1-2H3,(H,19,21). The zero-order valence-corrected chi connectivity index (χ0v) is 14.2. The van der Waals surface area contributed by atoms with Crippen LogP contribution in [0.4, 0.5) is 0 Å². The van der Waals surface area contributed by atoms with Crippen molar-refractivity contribution in [2.45, 2.75) is 30.5 Å². The third-order valence-corrected chi connectivity index (χ3v) is 4.18. The Labute approximate surface area is 140 Å². The zero-order valence-electron chi connectivity index (χ0n) is 13.4. The van der Waals surface area contributed by atoms with Crippen LogP contribution in [0.15, 0.2) is 41.7 Å². The van der Waals surface area contributed by atoms with Gasteiger partial charge < -0.3 is 10.1 Å². The fourth-order valence-electron chi connectivity index (χ4n) is 1.88. The highest BCUT2D eigenvalue weighted by Gasteiger charge is 2.08. The summed E-state index contributed by atoms with van der Waals surface area (Å²) >= 11 is 1.55. The number of aromatic nitrogens is 2. The molecule has 2 aromatic rings. The number of amides is 1. The number of methoxy groups -OCH3 is 1. The summed E-state index contributed by atoms with van der Waals surface area (Å²) in [5.41, 5.74) is 1.52. The molecule has 2 rings (SSSR count). The van der Waals surface area contributed by atoms with Gasteiger partial charge in [-0.2, -0.15) is 0 Å². The molecular formula is C17H21N3O2S. The molecule has 0 fully saturated rings. The monoisotopic (exact) mass is 331 g/mol. The molecule has 0 atom stereocenters. The third-order valence-electron chi connectivity index (χ3n) is 3.21. The summed E-state index contributed by atoms with van der Waals surface area (Å²) in [7, 11) is 1.65. The number of unbranched alkanes of at least 4 members (excludes halogenated alkanes) is 1. The van der Waals surface area contributed by atoms with Crippen LogP contribution in [-0.4, -0.2) is 29.5 Å². The van der Waals surface area contributed by atoms with Gasteiger partial charge in [0.05, 0.1) is 19.5 Å². The van der Waals surface area contributed by atoms with Gasteiger partial charge in [0.25, 0.3) is 5.91 Å². The second-order valence-electron chi connectivity index (χ2n) is 4.99. The average molecular weight is 331 g/mol. The van der Waals surface area contributed by atoms with Gasteiger partial charge in [-0.1, -0.05) is 25.5 Å². The summed E-state index contributed by atoms with van der Waals surface area (Å²) in [5, 5.41) is 3.59. The van der Waals surface area contributed by atoms with Gasteiger partial charge in [-0.3, -0.25) is 9.78 Å². The van der Waals surface area contributed by atoms with Gasteiger partial charge in [0, 0.05) is 12.3 Å². The number of benzene rings is 1. The van der Waals surface area contributed by atoms with Gasteiger partial charge in [-0.15, -0.1) is 11.8 Å². The number of rotatable bonds is 8. The smallest absolute Gasteiger partial charge is 0.271 e. The Morgan fingerprint density at radius 2 is 2.04 bits per heavy atom. The molecule has 122 valence electrons. The Balaban J connectivity index is 1.92. The van der Waals surface area contributed by atoms with E-state index in [2.05, 4.69) is 22.2 Å². The second-order valence-corrected chi connectivity index (χ2v) is 5.98.